The highest BCUT2D eigenvalue weighted by Crippen LogP contribution is 2.22. The highest BCUT2D eigenvalue weighted by Gasteiger charge is 2.19. The fourth-order valence-corrected chi connectivity index (χ4v) is 1.66. The van der Waals surface area contributed by atoms with E-state index in [1.165, 1.54) is 6.42 Å². The predicted molar refractivity (Wildman–Crippen MR) is 47.3 cm³/mol. The first-order valence-electron chi connectivity index (χ1n) is 4.70. The smallest absolute Gasteiger partial charge is 0.139 e. The summed E-state index contributed by atoms with van der Waals surface area (Å²) in [5.74, 6) is 0.770. The van der Waals surface area contributed by atoms with E-state index in [4.69, 9.17) is 9.63 Å². The molecule has 13 heavy (non-hydrogen) atoms. The van der Waals surface area contributed by atoms with Crippen molar-refractivity contribution in [1.29, 1.82) is 0 Å². The average molecular weight is 182 g/mol. The van der Waals surface area contributed by atoms with Crippen molar-refractivity contribution in [3.63, 3.8) is 0 Å². The summed E-state index contributed by atoms with van der Waals surface area (Å²) in [5, 5.41) is 16.0. The zero-order chi connectivity index (χ0) is 9.10. The second-order valence-electron chi connectivity index (χ2n) is 3.34. The van der Waals surface area contributed by atoms with Gasteiger partial charge in [0.05, 0.1) is 12.6 Å². The van der Waals surface area contributed by atoms with Gasteiger partial charge in [0, 0.05) is 12.5 Å². The largest absolute Gasteiger partial charge is 0.396 e. The number of aliphatic hydroxyl groups excluding tert-OH is 1. The second-order valence-corrected chi connectivity index (χ2v) is 3.34. The quantitative estimate of drug-likeness (QED) is 0.720. The zero-order valence-corrected chi connectivity index (χ0v) is 7.49. The van der Waals surface area contributed by atoms with Crippen molar-refractivity contribution in [1.82, 2.24) is 10.5 Å². The lowest BCUT2D eigenvalue weighted by atomic mass is 10.1. The van der Waals surface area contributed by atoms with Crippen LogP contribution >= 0.6 is 0 Å². The van der Waals surface area contributed by atoms with Crippen molar-refractivity contribution >= 4 is 0 Å². The summed E-state index contributed by atoms with van der Waals surface area (Å²) in [5.41, 5.74) is 0.973. The molecule has 0 amide bonds. The molecule has 1 fully saturated rings. The van der Waals surface area contributed by atoms with Gasteiger partial charge in [-0.05, 0) is 19.4 Å². The van der Waals surface area contributed by atoms with Gasteiger partial charge in [-0.25, -0.2) is 0 Å². The van der Waals surface area contributed by atoms with Gasteiger partial charge in [0.1, 0.15) is 11.5 Å². The molecule has 1 aromatic rings. The van der Waals surface area contributed by atoms with Crippen LogP contribution < -0.4 is 5.32 Å². The molecule has 0 aromatic carbocycles. The summed E-state index contributed by atoms with van der Waals surface area (Å²) < 4.78 is 5.07. The van der Waals surface area contributed by atoms with Crippen LogP contribution in [0.15, 0.2) is 10.6 Å². The van der Waals surface area contributed by atoms with Crippen molar-refractivity contribution in [2.24, 2.45) is 0 Å². The van der Waals surface area contributed by atoms with E-state index in [1.807, 2.05) is 6.07 Å². The van der Waals surface area contributed by atoms with Crippen molar-refractivity contribution < 1.29 is 9.63 Å². The Morgan fingerprint density at radius 2 is 2.62 bits per heavy atom. The summed E-state index contributed by atoms with van der Waals surface area (Å²) in [6.45, 7) is 1.18. The van der Waals surface area contributed by atoms with Gasteiger partial charge >= 0.3 is 0 Å². The van der Waals surface area contributed by atoms with E-state index in [0.29, 0.717) is 12.5 Å². The van der Waals surface area contributed by atoms with Gasteiger partial charge in [-0.15, -0.1) is 0 Å². The Labute approximate surface area is 76.9 Å². The normalized spacial score (nSPS) is 22.4. The van der Waals surface area contributed by atoms with Gasteiger partial charge in [0.25, 0.3) is 0 Å². The molecule has 1 aromatic heterocycles. The molecule has 2 heterocycles. The first-order valence-corrected chi connectivity index (χ1v) is 4.70. The Hall–Kier alpha value is -0.870. The number of aliphatic hydroxyl groups is 1. The van der Waals surface area contributed by atoms with Crippen LogP contribution in [0, 0.1) is 0 Å². The summed E-state index contributed by atoms with van der Waals surface area (Å²) in [4.78, 5) is 0. The Bertz CT molecular complexity index is 266. The minimum absolute atomic E-state index is 0.118. The van der Waals surface area contributed by atoms with Crippen LogP contribution in [0.25, 0.3) is 0 Å². The molecule has 0 saturated carbocycles. The Morgan fingerprint density at radius 3 is 3.31 bits per heavy atom. The molecule has 0 aliphatic carbocycles. The van der Waals surface area contributed by atoms with Crippen LogP contribution in [0.2, 0.25) is 0 Å². The number of nitrogens with zero attached hydrogens (tertiary/aromatic N) is 1. The van der Waals surface area contributed by atoms with E-state index >= 15 is 0 Å². The first-order chi connectivity index (χ1) is 6.40. The van der Waals surface area contributed by atoms with E-state index in [-0.39, 0.29) is 6.61 Å². The molecule has 4 heteroatoms. The Kier molecular flexibility index (Phi) is 2.61. The van der Waals surface area contributed by atoms with E-state index in [9.17, 15) is 0 Å². The minimum atomic E-state index is 0.118. The van der Waals surface area contributed by atoms with Crippen LogP contribution in [0.1, 0.15) is 30.3 Å². The van der Waals surface area contributed by atoms with Crippen molar-refractivity contribution in [2.75, 3.05) is 13.2 Å². The fourth-order valence-electron chi connectivity index (χ4n) is 1.66. The molecular formula is C9H14N2O2. The average Bonchev–Trinajstić information content (AvgIpc) is 2.70. The maximum absolute atomic E-state index is 8.69. The Morgan fingerprint density at radius 1 is 1.69 bits per heavy atom. The molecule has 1 aliphatic heterocycles. The summed E-state index contributed by atoms with van der Waals surface area (Å²) >= 11 is 0. The van der Waals surface area contributed by atoms with Gasteiger partial charge in [-0.1, -0.05) is 5.16 Å². The molecule has 4 nitrogen and oxygen atoms in total. The lowest BCUT2D eigenvalue weighted by Crippen LogP contribution is -2.12. The zero-order valence-electron chi connectivity index (χ0n) is 7.49. The van der Waals surface area contributed by atoms with Gasteiger partial charge in [-0.2, -0.15) is 0 Å². The number of nitrogens with one attached hydrogen (secondary N) is 1. The van der Waals surface area contributed by atoms with E-state index in [0.717, 1.165) is 24.4 Å². The van der Waals surface area contributed by atoms with E-state index in [2.05, 4.69) is 10.5 Å². The van der Waals surface area contributed by atoms with Crippen LogP contribution in [0.5, 0.6) is 0 Å². The van der Waals surface area contributed by atoms with Crippen LogP contribution in [-0.4, -0.2) is 23.4 Å². The van der Waals surface area contributed by atoms with Gasteiger partial charge in [0.2, 0.25) is 0 Å². The highest BCUT2D eigenvalue weighted by molar-refractivity contribution is 5.11. The summed E-state index contributed by atoms with van der Waals surface area (Å²) in [6, 6.07) is 2.29. The first kappa shape index (κ1) is 8.72. The third kappa shape index (κ3) is 1.89. The number of rotatable bonds is 3. The molecule has 1 saturated heterocycles. The maximum Gasteiger partial charge on any atom is 0.139 e. The molecule has 2 rings (SSSR count). The molecule has 1 unspecified atom stereocenters. The molecule has 1 atom stereocenters. The minimum Gasteiger partial charge on any atom is -0.396 e. The van der Waals surface area contributed by atoms with Gasteiger partial charge < -0.3 is 14.9 Å². The van der Waals surface area contributed by atoms with Crippen molar-refractivity contribution in [2.45, 2.75) is 25.3 Å². The van der Waals surface area contributed by atoms with Crippen LogP contribution in [0.3, 0.4) is 0 Å². The maximum atomic E-state index is 8.69. The lowest BCUT2D eigenvalue weighted by Gasteiger charge is -2.02. The highest BCUT2D eigenvalue weighted by atomic mass is 16.5. The predicted octanol–water partition coefficient (Wildman–Crippen LogP) is 0.634. The van der Waals surface area contributed by atoms with Gasteiger partial charge in [0.15, 0.2) is 0 Å². The van der Waals surface area contributed by atoms with Crippen LogP contribution in [0.4, 0.5) is 0 Å². The molecule has 0 spiro atoms. The second kappa shape index (κ2) is 3.89. The number of hydrogen-bond donors (Lipinski definition) is 2. The SMILES string of the molecule is OCCc1cc(C2CCCN2)no1. The third-order valence-corrected chi connectivity index (χ3v) is 2.35. The van der Waals surface area contributed by atoms with Gasteiger partial charge in [-0.3, -0.25) is 0 Å². The molecular weight excluding hydrogens is 168 g/mol. The Balaban J connectivity index is 2.03. The van der Waals surface area contributed by atoms with E-state index < -0.39 is 0 Å². The number of hydrogen-bond acceptors (Lipinski definition) is 4. The monoisotopic (exact) mass is 182 g/mol. The number of aromatic nitrogens is 1. The molecule has 2 N–H and O–H groups in total. The summed E-state index contributed by atoms with van der Waals surface area (Å²) in [6.07, 6.45) is 2.89. The third-order valence-electron chi connectivity index (χ3n) is 2.35. The van der Waals surface area contributed by atoms with Crippen LogP contribution in [-0.2, 0) is 6.42 Å². The van der Waals surface area contributed by atoms with Crippen molar-refractivity contribution in [3.8, 4) is 0 Å². The molecule has 1 aliphatic rings. The lowest BCUT2D eigenvalue weighted by molar-refractivity contribution is 0.276. The molecule has 72 valence electrons. The summed E-state index contributed by atoms with van der Waals surface area (Å²) in [7, 11) is 0. The standard InChI is InChI=1S/C9H14N2O2/c12-5-3-7-6-9(11-13-7)8-2-1-4-10-8/h6,8,10,12H,1-5H2. The molecule has 0 radical (unpaired) electrons. The topological polar surface area (TPSA) is 58.3 Å². The molecule has 0 bridgehead atoms. The van der Waals surface area contributed by atoms with Crippen molar-refractivity contribution in [3.05, 3.63) is 17.5 Å². The fraction of sp³-hybridized carbons (Fsp3) is 0.667. The van der Waals surface area contributed by atoms with E-state index in [1.54, 1.807) is 0 Å².